The SMILES string of the molecule is CCCc1ccc(C)cc1-n1c(C)csc1=NC(=O)NCCCc1ccc(-c2ncn(-c3ccc(OC(F)(F)F)cc3)n2)cc1. The summed E-state index contributed by atoms with van der Waals surface area (Å²) in [6.07, 6.45) is 0.236. The molecular formula is C33H33F3N6O2S. The van der Waals surface area contributed by atoms with Crippen LogP contribution in [0.5, 0.6) is 5.75 Å². The first kappa shape index (κ1) is 31.7. The van der Waals surface area contributed by atoms with E-state index >= 15 is 0 Å². The number of carbonyl (C=O) groups is 1. The van der Waals surface area contributed by atoms with Crippen LogP contribution in [-0.4, -0.2) is 38.3 Å². The Hall–Kier alpha value is -4.71. The minimum atomic E-state index is -4.74. The van der Waals surface area contributed by atoms with E-state index in [0.29, 0.717) is 22.9 Å². The molecule has 234 valence electrons. The molecule has 0 fully saturated rings. The van der Waals surface area contributed by atoms with Crippen LogP contribution in [0.1, 0.15) is 42.1 Å². The molecule has 1 N–H and O–H groups in total. The highest BCUT2D eigenvalue weighted by molar-refractivity contribution is 7.07. The third-order valence-corrected chi connectivity index (χ3v) is 7.98. The van der Waals surface area contributed by atoms with Gasteiger partial charge in [-0.3, -0.25) is 4.57 Å². The van der Waals surface area contributed by atoms with E-state index in [4.69, 9.17) is 0 Å². The standard InChI is InChI=1S/C33H33F3N6O2S/c1-4-6-25-11-8-22(2)19-29(25)42-23(3)20-45-32(42)39-31(43)37-18-5-7-24-9-12-26(13-10-24)30-38-21-41(40-30)27-14-16-28(17-15-27)44-33(34,35)36/h8-17,19-21H,4-7,18H2,1-3H3,(H,37,43). The summed E-state index contributed by atoms with van der Waals surface area (Å²) in [5, 5.41) is 9.37. The van der Waals surface area contributed by atoms with Gasteiger partial charge in [0.1, 0.15) is 12.1 Å². The molecule has 0 aliphatic heterocycles. The Morgan fingerprint density at radius 1 is 1.02 bits per heavy atom. The Kier molecular flexibility index (Phi) is 9.82. The van der Waals surface area contributed by atoms with Gasteiger partial charge >= 0.3 is 12.4 Å². The summed E-state index contributed by atoms with van der Waals surface area (Å²) < 4.78 is 44.7. The number of rotatable bonds is 10. The summed E-state index contributed by atoms with van der Waals surface area (Å²) in [6, 6.07) is 19.2. The normalized spacial score (nSPS) is 12.0. The number of halogens is 3. The maximum absolute atomic E-state index is 12.7. The van der Waals surface area contributed by atoms with E-state index in [1.165, 1.54) is 52.2 Å². The number of hydrogen-bond acceptors (Lipinski definition) is 5. The second-order valence-electron chi connectivity index (χ2n) is 10.6. The van der Waals surface area contributed by atoms with Crippen molar-refractivity contribution in [2.24, 2.45) is 4.99 Å². The van der Waals surface area contributed by atoms with Crippen LogP contribution in [0.2, 0.25) is 0 Å². The minimum Gasteiger partial charge on any atom is -0.406 e. The molecule has 2 heterocycles. The number of aryl methyl sites for hydroxylation is 4. The molecule has 45 heavy (non-hydrogen) atoms. The number of benzene rings is 3. The zero-order valence-corrected chi connectivity index (χ0v) is 26.0. The predicted octanol–water partition coefficient (Wildman–Crippen LogP) is 7.50. The van der Waals surface area contributed by atoms with Gasteiger partial charge in [0, 0.05) is 23.2 Å². The second-order valence-corrected chi connectivity index (χ2v) is 11.4. The van der Waals surface area contributed by atoms with Crippen molar-refractivity contribution in [2.45, 2.75) is 52.8 Å². The molecule has 2 amide bonds. The third-order valence-electron chi connectivity index (χ3n) is 7.03. The molecule has 8 nitrogen and oxygen atoms in total. The zero-order valence-electron chi connectivity index (χ0n) is 25.1. The molecule has 0 radical (unpaired) electrons. The maximum atomic E-state index is 12.7. The topological polar surface area (TPSA) is 86.3 Å². The van der Waals surface area contributed by atoms with Crippen molar-refractivity contribution in [2.75, 3.05) is 6.54 Å². The average molecular weight is 635 g/mol. The van der Waals surface area contributed by atoms with E-state index in [0.717, 1.165) is 53.8 Å². The van der Waals surface area contributed by atoms with Crippen molar-refractivity contribution in [1.29, 1.82) is 0 Å². The van der Waals surface area contributed by atoms with Gasteiger partial charge in [-0.15, -0.1) is 29.6 Å². The monoisotopic (exact) mass is 634 g/mol. The number of aromatic nitrogens is 4. The largest absolute Gasteiger partial charge is 0.573 e. The lowest BCUT2D eigenvalue weighted by Gasteiger charge is -2.13. The van der Waals surface area contributed by atoms with Crippen LogP contribution in [0.4, 0.5) is 18.0 Å². The Morgan fingerprint density at radius 3 is 2.49 bits per heavy atom. The fourth-order valence-corrected chi connectivity index (χ4v) is 5.75. The van der Waals surface area contributed by atoms with Gasteiger partial charge in [0.15, 0.2) is 10.6 Å². The molecule has 0 spiro atoms. The first-order chi connectivity index (χ1) is 21.6. The van der Waals surface area contributed by atoms with Gasteiger partial charge in [0.2, 0.25) is 0 Å². The number of urea groups is 1. The molecule has 0 aliphatic rings. The van der Waals surface area contributed by atoms with E-state index in [1.807, 2.05) is 36.6 Å². The Morgan fingerprint density at radius 2 is 1.78 bits per heavy atom. The lowest BCUT2D eigenvalue weighted by Crippen LogP contribution is -2.26. The van der Waals surface area contributed by atoms with Crippen molar-refractivity contribution in [3.8, 4) is 28.5 Å². The summed E-state index contributed by atoms with van der Waals surface area (Å²) in [4.78, 5) is 22.1. The number of alkyl halides is 3. The molecular weight excluding hydrogens is 601 g/mol. The van der Waals surface area contributed by atoms with Gasteiger partial charge in [0.05, 0.1) is 11.4 Å². The number of hydrogen-bond donors (Lipinski definition) is 1. The molecule has 0 aliphatic carbocycles. The molecule has 3 aromatic carbocycles. The van der Waals surface area contributed by atoms with Crippen LogP contribution in [0.3, 0.4) is 0 Å². The van der Waals surface area contributed by atoms with E-state index in [9.17, 15) is 18.0 Å². The van der Waals surface area contributed by atoms with E-state index in [2.05, 4.69) is 61.7 Å². The molecule has 5 rings (SSSR count). The zero-order chi connectivity index (χ0) is 32.0. The van der Waals surface area contributed by atoms with Crippen molar-refractivity contribution in [3.63, 3.8) is 0 Å². The minimum absolute atomic E-state index is 0.305. The van der Waals surface area contributed by atoms with Gasteiger partial charge in [-0.25, -0.2) is 14.5 Å². The predicted molar refractivity (Wildman–Crippen MR) is 168 cm³/mol. The Bertz CT molecular complexity index is 1820. The number of carbonyl (C=O) groups excluding carboxylic acids is 1. The number of ether oxygens (including phenoxy) is 1. The first-order valence-electron chi connectivity index (χ1n) is 14.6. The lowest BCUT2D eigenvalue weighted by molar-refractivity contribution is -0.274. The quantitative estimate of drug-likeness (QED) is 0.161. The Labute approximate surface area is 262 Å². The van der Waals surface area contributed by atoms with Crippen molar-refractivity contribution >= 4 is 17.4 Å². The first-order valence-corrected chi connectivity index (χ1v) is 15.4. The maximum Gasteiger partial charge on any atom is 0.573 e. The molecule has 0 saturated heterocycles. The molecule has 0 unspecified atom stereocenters. The summed E-state index contributed by atoms with van der Waals surface area (Å²) in [7, 11) is 0. The van der Waals surface area contributed by atoms with Crippen LogP contribution in [0.25, 0.3) is 22.8 Å². The molecule has 0 saturated carbocycles. The van der Waals surface area contributed by atoms with Crippen LogP contribution in [-0.2, 0) is 12.8 Å². The van der Waals surface area contributed by atoms with Crippen molar-refractivity contribution in [1.82, 2.24) is 24.6 Å². The van der Waals surface area contributed by atoms with Gasteiger partial charge in [0.25, 0.3) is 0 Å². The van der Waals surface area contributed by atoms with Crippen molar-refractivity contribution < 1.29 is 22.7 Å². The van der Waals surface area contributed by atoms with Gasteiger partial charge in [-0.1, -0.05) is 49.7 Å². The number of nitrogens with zero attached hydrogens (tertiary/aromatic N) is 5. The van der Waals surface area contributed by atoms with Crippen LogP contribution < -0.4 is 14.9 Å². The summed E-state index contributed by atoms with van der Waals surface area (Å²) in [5.41, 5.74) is 6.94. The molecule has 0 atom stereocenters. The second kappa shape index (κ2) is 13.9. The van der Waals surface area contributed by atoms with Gasteiger partial charge in [-0.05, 0) is 80.1 Å². The van der Waals surface area contributed by atoms with E-state index in [1.54, 1.807) is 0 Å². The molecule has 12 heteroatoms. The van der Waals surface area contributed by atoms with Crippen molar-refractivity contribution in [3.05, 3.63) is 106 Å². The highest BCUT2D eigenvalue weighted by Crippen LogP contribution is 2.24. The van der Waals surface area contributed by atoms with Gasteiger partial charge < -0.3 is 10.1 Å². The summed E-state index contributed by atoms with van der Waals surface area (Å²) in [6.45, 7) is 6.73. The van der Waals surface area contributed by atoms with E-state index in [-0.39, 0.29) is 11.8 Å². The van der Waals surface area contributed by atoms with Crippen LogP contribution in [0.15, 0.2) is 83.4 Å². The third kappa shape index (κ3) is 8.27. The summed E-state index contributed by atoms with van der Waals surface area (Å²) in [5.74, 6) is 0.181. The van der Waals surface area contributed by atoms with E-state index < -0.39 is 6.36 Å². The smallest absolute Gasteiger partial charge is 0.406 e. The fraction of sp³-hybridized carbons (Fsp3) is 0.273. The summed E-state index contributed by atoms with van der Waals surface area (Å²) >= 11 is 1.45. The molecule has 5 aromatic rings. The molecule has 0 bridgehead atoms. The highest BCUT2D eigenvalue weighted by Gasteiger charge is 2.31. The molecule has 2 aromatic heterocycles. The van der Waals surface area contributed by atoms with Crippen LogP contribution >= 0.6 is 11.3 Å². The average Bonchev–Trinajstić information content (AvgIpc) is 3.63. The number of nitrogens with one attached hydrogen (secondary N) is 1. The lowest BCUT2D eigenvalue weighted by atomic mass is 10.1. The Balaban J connectivity index is 1.15. The fourth-order valence-electron chi connectivity index (χ4n) is 4.88. The number of thiazole rings is 1. The van der Waals surface area contributed by atoms with Crippen LogP contribution in [0, 0.1) is 13.8 Å². The van der Waals surface area contributed by atoms with Gasteiger partial charge in [-0.2, -0.15) is 4.99 Å². The highest BCUT2D eigenvalue weighted by atomic mass is 32.1. The number of amides is 2.